The predicted octanol–water partition coefficient (Wildman–Crippen LogP) is 2.80. The maximum absolute atomic E-state index is 13.0. The van der Waals surface area contributed by atoms with Gasteiger partial charge in [0.2, 0.25) is 10.0 Å². The second-order valence-electron chi connectivity index (χ2n) is 4.97. The van der Waals surface area contributed by atoms with Gasteiger partial charge < -0.3 is 4.74 Å². The average Bonchev–Trinajstić information content (AvgIpc) is 2.45. The lowest BCUT2D eigenvalue weighted by atomic mass is 10.2. The Morgan fingerprint density at radius 2 is 1.77 bits per heavy atom. The van der Waals surface area contributed by atoms with Gasteiger partial charge in [0.1, 0.15) is 18.2 Å². The number of nitrogens with one attached hydrogen (secondary N) is 1. The summed E-state index contributed by atoms with van der Waals surface area (Å²) >= 11 is 0. The Morgan fingerprint density at radius 3 is 2.41 bits per heavy atom. The number of sulfonamides is 1. The largest absolute Gasteiger partial charge is 0.492 e. The van der Waals surface area contributed by atoms with Crippen LogP contribution in [0.25, 0.3) is 0 Å². The van der Waals surface area contributed by atoms with Crippen LogP contribution in [0.3, 0.4) is 0 Å². The molecule has 0 aliphatic rings. The smallest absolute Gasteiger partial charge is 0.240 e. The number of rotatable bonds is 6. The Balaban J connectivity index is 1.91. The van der Waals surface area contributed by atoms with Crippen molar-refractivity contribution in [2.45, 2.75) is 18.7 Å². The Morgan fingerprint density at radius 1 is 1.09 bits per heavy atom. The van der Waals surface area contributed by atoms with Crippen LogP contribution in [0, 0.1) is 19.7 Å². The zero-order chi connectivity index (χ0) is 16.2. The first kappa shape index (κ1) is 16.5. The fourth-order valence-corrected chi connectivity index (χ4v) is 3.21. The van der Waals surface area contributed by atoms with Crippen LogP contribution < -0.4 is 9.46 Å². The van der Waals surface area contributed by atoms with Crippen molar-refractivity contribution >= 4 is 10.0 Å². The minimum Gasteiger partial charge on any atom is -0.492 e. The molecule has 0 saturated heterocycles. The fraction of sp³-hybridized carbons (Fsp3) is 0.250. The van der Waals surface area contributed by atoms with Gasteiger partial charge in [-0.1, -0.05) is 17.7 Å². The van der Waals surface area contributed by atoms with Crippen LogP contribution in [0.5, 0.6) is 5.75 Å². The van der Waals surface area contributed by atoms with E-state index in [9.17, 15) is 12.8 Å². The third-order valence-corrected chi connectivity index (χ3v) is 4.73. The molecule has 0 spiro atoms. The summed E-state index contributed by atoms with van der Waals surface area (Å²) in [6.45, 7) is 3.87. The molecule has 2 rings (SSSR count). The molecule has 0 aromatic heterocycles. The molecule has 0 aliphatic heterocycles. The maximum atomic E-state index is 13.0. The molecule has 22 heavy (non-hydrogen) atoms. The highest BCUT2D eigenvalue weighted by atomic mass is 32.2. The van der Waals surface area contributed by atoms with Crippen LogP contribution in [-0.2, 0) is 10.0 Å². The molecule has 0 radical (unpaired) electrons. The highest BCUT2D eigenvalue weighted by Gasteiger charge is 2.16. The van der Waals surface area contributed by atoms with Gasteiger partial charge >= 0.3 is 0 Å². The molecule has 118 valence electrons. The van der Waals surface area contributed by atoms with Crippen LogP contribution in [0.15, 0.2) is 47.4 Å². The summed E-state index contributed by atoms with van der Waals surface area (Å²) in [4.78, 5) is 0.0734. The van der Waals surface area contributed by atoms with E-state index in [0.29, 0.717) is 11.3 Å². The molecular weight excluding hydrogens is 305 g/mol. The predicted molar refractivity (Wildman–Crippen MR) is 83.0 cm³/mol. The molecule has 2 aromatic rings. The Labute approximate surface area is 130 Å². The van der Waals surface area contributed by atoms with Crippen molar-refractivity contribution in [3.63, 3.8) is 0 Å². The molecule has 6 heteroatoms. The molecule has 0 amide bonds. The third kappa shape index (κ3) is 4.29. The van der Waals surface area contributed by atoms with Crippen LogP contribution >= 0.6 is 0 Å². The molecular formula is C16H18FNO3S. The molecule has 0 aliphatic carbocycles. The first-order valence-electron chi connectivity index (χ1n) is 6.84. The molecule has 0 heterocycles. The monoisotopic (exact) mass is 323 g/mol. The van der Waals surface area contributed by atoms with Crippen molar-refractivity contribution in [1.29, 1.82) is 0 Å². The van der Waals surface area contributed by atoms with E-state index in [1.165, 1.54) is 12.1 Å². The summed E-state index contributed by atoms with van der Waals surface area (Å²) in [6.07, 6.45) is 0. The normalized spacial score (nSPS) is 11.4. The van der Waals surface area contributed by atoms with E-state index in [-0.39, 0.29) is 18.0 Å². The Kier molecular flexibility index (Phi) is 5.15. The third-order valence-electron chi connectivity index (χ3n) is 3.11. The van der Waals surface area contributed by atoms with Crippen molar-refractivity contribution in [2.75, 3.05) is 13.2 Å². The van der Waals surface area contributed by atoms with Gasteiger partial charge in [0.05, 0.1) is 4.90 Å². The van der Waals surface area contributed by atoms with Crippen molar-refractivity contribution in [2.24, 2.45) is 0 Å². The van der Waals surface area contributed by atoms with Gasteiger partial charge in [0.25, 0.3) is 0 Å². The Hall–Kier alpha value is -1.92. The summed E-state index contributed by atoms with van der Waals surface area (Å²) in [5.41, 5.74) is 1.49. The SMILES string of the molecule is Cc1ccc(OCCNS(=O)(=O)c2ccc(F)cc2C)cc1. The van der Waals surface area contributed by atoms with E-state index < -0.39 is 15.8 Å². The van der Waals surface area contributed by atoms with Gasteiger partial charge in [0, 0.05) is 6.54 Å². The first-order chi connectivity index (χ1) is 10.4. The van der Waals surface area contributed by atoms with E-state index >= 15 is 0 Å². The lowest BCUT2D eigenvalue weighted by molar-refractivity contribution is 0.323. The summed E-state index contributed by atoms with van der Waals surface area (Å²) < 4.78 is 45.2. The minimum absolute atomic E-state index is 0.0734. The number of ether oxygens (including phenoxy) is 1. The molecule has 4 nitrogen and oxygen atoms in total. The van der Waals surface area contributed by atoms with Crippen molar-refractivity contribution < 1.29 is 17.5 Å². The second kappa shape index (κ2) is 6.89. The van der Waals surface area contributed by atoms with Crippen LogP contribution in [-0.4, -0.2) is 21.6 Å². The van der Waals surface area contributed by atoms with Gasteiger partial charge in [-0.25, -0.2) is 17.5 Å². The summed E-state index contributed by atoms with van der Waals surface area (Å²) in [7, 11) is -3.67. The fourth-order valence-electron chi connectivity index (χ4n) is 1.97. The van der Waals surface area contributed by atoms with E-state index in [1.54, 1.807) is 6.92 Å². The van der Waals surface area contributed by atoms with Crippen molar-refractivity contribution in [1.82, 2.24) is 4.72 Å². The maximum Gasteiger partial charge on any atom is 0.240 e. The van der Waals surface area contributed by atoms with Gasteiger partial charge in [-0.15, -0.1) is 0 Å². The van der Waals surface area contributed by atoms with Crippen LogP contribution in [0.2, 0.25) is 0 Å². The zero-order valence-corrected chi connectivity index (χ0v) is 13.3. The van der Waals surface area contributed by atoms with Crippen molar-refractivity contribution in [3.05, 3.63) is 59.4 Å². The van der Waals surface area contributed by atoms with Crippen LogP contribution in [0.4, 0.5) is 4.39 Å². The quantitative estimate of drug-likeness (QED) is 0.832. The molecule has 1 N–H and O–H groups in total. The number of aryl methyl sites for hydroxylation is 2. The van der Waals surface area contributed by atoms with E-state index in [4.69, 9.17) is 4.74 Å². The van der Waals surface area contributed by atoms with E-state index in [0.717, 1.165) is 11.6 Å². The summed E-state index contributed by atoms with van der Waals surface area (Å²) in [6, 6.07) is 11.1. The number of hydrogen-bond donors (Lipinski definition) is 1. The first-order valence-corrected chi connectivity index (χ1v) is 8.32. The molecule has 0 fully saturated rings. The lowest BCUT2D eigenvalue weighted by Crippen LogP contribution is -2.28. The number of hydrogen-bond acceptors (Lipinski definition) is 3. The van der Waals surface area contributed by atoms with Gasteiger partial charge in [-0.05, 0) is 49.7 Å². The van der Waals surface area contributed by atoms with Gasteiger partial charge in [0.15, 0.2) is 0 Å². The average molecular weight is 323 g/mol. The molecule has 0 atom stereocenters. The summed E-state index contributed by atoms with van der Waals surface area (Å²) in [5.74, 6) is 0.224. The molecule has 0 saturated carbocycles. The second-order valence-corrected chi connectivity index (χ2v) is 6.70. The highest BCUT2D eigenvalue weighted by molar-refractivity contribution is 7.89. The molecule has 0 bridgehead atoms. The van der Waals surface area contributed by atoms with Gasteiger partial charge in [-0.3, -0.25) is 0 Å². The van der Waals surface area contributed by atoms with E-state index in [1.807, 2.05) is 31.2 Å². The standard InChI is InChI=1S/C16H18FNO3S/c1-12-3-6-15(7-4-12)21-10-9-18-22(19,20)16-8-5-14(17)11-13(16)2/h3-8,11,18H,9-10H2,1-2H3. The van der Waals surface area contributed by atoms with E-state index in [2.05, 4.69) is 4.72 Å². The molecule has 0 unspecified atom stereocenters. The van der Waals surface area contributed by atoms with Gasteiger partial charge in [-0.2, -0.15) is 0 Å². The Bertz CT molecular complexity index is 742. The number of benzene rings is 2. The van der Waals surface area contributed by atoms with Crippen LogP contribution in [0.1, 0.15) is 11.1 Å². The topological polar surface area (TPSA) is 55.4 Å². The van der Waals surface area contributed by atoms with Crippen molar-refractivity contribution in [3.8, 4) is 5.75 Å². The number of halogens is 1. The lowest BCUT2D eigenvalue weighted by Gasteiger charge is -2.10. The molecule has 2 aromatic carbocycles. The highest BCUT2D eigenvalue weighted by Crippen LogP contribution is 2.16. The summed E-state index contributed by atoms with van der Waals surface area (Å²) in [5, 5.41) is 0. The zero-order valence-electron chi connectivity index (χ0n) is 12.5. The minimum atomic E-state index is -3.67.